The van der Waals surface area contributed by atoms with Crippen LogP contribution in [0.5, 0.6) is 0 Å². The molecule has 7 heteroatoms. The number of aromatic carboxylic acids is 1. The number of carbonyl (C=O) groups is 2. The summed E-state index contributed by atoms with van der Waals surface area (Å²) in [6, 6.07) is 4.64. The molecule has 0 spiro atoms. The van der Waals surface area contributed by atoms with Crippen molar-refractivity contribution < 1.29 is 19.4 Å². The highest BCUT2D eigenvalue weighted by Gasteiger charge is 2.27. The molecule has 0 saturated carbocycles. The number of rotatable bonds is 3. The molecule has 1 aliphatic heterocycles. The summed E-state index contributed by atoms with van der Waals surface area (Å²) in [5.41, 5.74) is 7.01. The molecule has 108 valence electrons. The van der Waals surface area contributed by atoms with Gasteiger partial charge in [-0.05, 0) is 24.6 Å². The molecule has 1 heterocycles. The van der Waals surface area contributed by atoms with E-state index in [-0.39, 0.29) is 11.6 Å². The summed E-state index contributed by atoms with van der Waals surface area (Å²) in [6.45, 7) is 1.18. The standard InChI is InChI=1S/C13H17N3O4/c1-20-13(19)15-9-4-5-16(7-9)11-6-8(14)2-3-10(11)12(17)18/h2-3,6,9H,4-5,7,14H2,1H3,(H,15,19)(H,17,18). The van der Waals surface area contributed by atoms with Crippen molar-refractivity contribution >= 4 is 23.4 Å². The fourth-order valence-electron chi connectivity index (χ4n) is 2.31. The van der Waals surface area contributed by atoms with E-state index in [1.54, 1.807) is 12.1 Å². The van der Waals surface area contributed by atoms with Crippen molar-refractivity contribution in [2.24, 2.45) is 0 Å². The Morgan fingerprint density at radius 3 is 2.90 bits per heavy atom. The Hall–Kier alpha value is -2.44. The van der Waals surface area contributed by atoms with Crippen LogP contribution in [0.1, 0.15) is 16.8 Å². The van der Waals surface area contributed by atoms with Gasteiger partial charge >= 0.3 is 12.1 Å². The zero-order valence-corrected chi connectivity index (χ0v) is 11.1. The van der Waals surface area contributed by atoms with E-state index < -0.39 is 12.1 Å². The fraction of sp³-hybridized carbons (Fsp3) is 0.385. The molecule has 7 nitrogen and oxygen atoms in total. The quantitative estimate of drug-likeness (QED) is 0.710. The summed E-state index contributed by atoms with van der Waals surface area (Å²) < 4.78 is 4.55. The normalized spacial score (nSPS) is 17.9. The van der Waals surface area contributed by atoms with Gasteiger partial charge in [-0.15, -0.1) is 0 Å². The van der Waals surface area contributed by atoms with Crippen LogP contribution in [0.3, 0.4) is 0 Å². The largest absolute Gasteiger partial charge is 0.478 e. The number of nitrogens with two attached hydrogens (primary N) is 1. The monoisotopic (exact) mass is 279 g/mol. The van der Waals surface area contributed by atoms with E-state index in [9.17, 15) is 14.7 Å². The molecular weight excluding hydrogens is 262 g/mol. The minimum absolute atomic E-state index is 0.0643. The van der Waals surface area contributed by atoms with Crippen molar-refractivity contribution in [1.82, 2.24) is 5.32 Å². The minimum Gasteiger partial charge on any atom is -0.478 e. The number of alkyl carbamates (subject to hydrolysis) is 1. The lowest BCUT2D eigenvalue weighted by atomic mass is 10.1. The number of nitrogen functional groups attached to an aromatic ring is 1. The molecule has 0 aromatic heterocycles. The van der Waals surface area contributed by atoms with Crippen molar-refractivity contribution in [2.45, 2.75) is 12.5 Å². The molecular formula is C13H17N3O4. The van der Waals surface area contributed by atoms with Gasteiger partial charge in [0.2, 0.25) is 0 Å². The van der Waals surface area contributed by atoms with Crippen LogP contribution in [0.15, 0.2) is 18.2 Å². The van der Waals surface area contributed by atoms with Crippen molar-refractivity contribution in [3.05, 3.63) is 23.8 Å². The number of benzene rings is 1. The average Bonchev–Trinajstić information content (AvgIpc) is 2.86. The first-order chi connectivity index (χ1) is 9.51. The number of nitrogens with zero attached hydrogens (tertiary/aromatic N) is 1. The van der Waals surface area contributed by atoms with Gasteiger partial charge in [-0.3, -0.25) is 0 Å². The molecule has 1 aromatic carbocycles. The first kappa shape index (κ1) is 14.0. The minimum atomic E-state index is -0.996. The number of nitrogens with one attached hydrogen (secondary N) is 1. The number of amides is 1. The van der Waals surface area contributed by atoms with Crippen LogP contribution in [0.2, 0.25) is 0 Å². The Balaban J connectivity index is 2.15. The molecule has 0 bridgehead atoms. The molecule has 1 aromatic rings. The van der Waals surface area contributed by atoms with Crippen LogP contribution in [0, 0.1) is 0 Å². The fourth-order valence-corrected chi connectivity index (χ4v) is 2.31. The van der Waals surface area contributed by atoms with Gasteiger partial charge in [-0.2, -0.15) is 0 Å². The summed E-state index contributed by atoms with van der Waals surface area (Å²) in [5, 5.41) is 11.9. The maximum absolute atomic E-state index is 11.2. The van der Waals surface area contributed by atoms with E-state index >= 15 is 0 Å². The van der Waals surface area contributed by atoms with Crippen molar-refractivity contribution in [3.8, 4) is 0 Å². The topological polar surface area (TPSA) is 105 Å². The number of carboxylic acids is 1. The van der Waals surface area contributed by atoms with Gasteiger partial charge < -0.3 is 25.8 Å². The molecule has 4 N–H and O–H groups in total. The van der Waals surface area contributed by atoms with Gasteiger partial charge in [0.1, 0.15) is 0 Å². The van der Waals surface area contributed by atoms with Gasteiger partial charge in [0.25, 0.3) is 0 Å². The number of carbonyl (C=O) groups excluding carboxylic acids is 1. The molecule has 0 aliphatic carbocycles. The van der Waals surface area contributed by atoms with Crippen LogP contribution in [0.4, 0.5) is 16.2 Å². The van der Waals surface area contributed by atoms with Gasteiger partial charge in [0, 0.05) is 18.8 Å². The Morgan fingerprint density at radius 2 is 2.25 bits per heavy atom. The number of methoxy groups -OCH3 is 1. The molecule has 1 aliphatic rings. The van der Waals surface area contributed by atoms with Crippen LogP contribution >= 0.6 is 0 Å². The molecule has 1 unspecified atom stereocenters. The average molecular weight is 279 g/mol. The highest BCUT2D eigenvalue weighted by molar-refractivity contribution is 5.95. The smallest absolute Gasteiger partial charge is 0.407 e. The summed E-state index contributed by atoms with van der Waals surface area (Å²) in [7, 11) is 1.31. The zero-order chi connectivity index (χ0) is 14.7. The highest BCUT2D eigenvalue weighted by Crippen LogP contribution is 2.27. The lowest BCUT2D eigenvalue weighted by molar-refractivity contribution is 0.0697. The Kier molecular flexibility index (Phi) is 3.97. The molecule has 1 atom stereocenters. The number of hydrogen-bond donors (Lipinski definition) is 3. The van der Waals surface area contributed by atoms with E-state index in [1.165, 1.54) is 13.2 Å². The van der Waals surface area contributed by atoms with Crippen LogP contribution in [0.25, 0.3) is 0 Å². The highest BCUT2D eigenvalue weighted by atomic mass is 16.5. The third-order valence-corrected chi connectivity index (χ3v) is 3.29. The Morgan fingerprint density at radius 1 is 1.50 bits per heavy atom. The third kappa shape index (κ3) is 2.93. The molecule has 1 fully saturated rings. The second-order valence-corrected chi connectivity index (χ2v) is 4.65. The van der Waals surface area contributed by atoms with Crippen molar-refractivity contribution in [1.29, 1.82) is 0 Å². The van der Waals surface area contributed by atoms with E-state index in [2.05, 4.69) is 10.1 Å². The molecule has 0 radical (unpaired) electrons. The number of carboxylic acid groups (broad SMARTS) is 1. The van der Waals surface area contributed by atoms with Crippen molar-refractivity contribution in [3.63, 3.8) is 0 Å². The van der Waals surface area contributed by atoms with E-state index in [0.29, 0.717) is 24.5 Å². The summed E-state index contributed by atoms with van der Waals surface area (Å²) in [5.74, 6) is -0.996. The van der Waals surface area contributed by atoms with Crippen molar-refractivity contribution in [2.75, 3.05) is 30.8 Å². The maximum Gasteiger partial charge on any atom is 0.407 e. The van der Waals surface area contributed by atoms with Gasteiger partial charge in [-0.1, -0.05) is 0 Å². The molecule has 1 saturated heterocycles. The predicted octanol–water partition coefficient (Wildman–Crippen LogP) is 0.902. The van der Waals surface area contributed by atoms with Gasteiger partial charge in [-0.25, -0.2) is 9.59 Å². The van der Waals surface area contributed by atoms with Gasteiger partial charge in [0.15, 0.2) is 0 Å². The van der Waals surface area contributed by atoms with E-state index in [1.807, 2.05) is 4.90 Å². The molecule has 1 amide bonds. The number of hydrogen-bond acceptors (Lipinski definition) is 5. The summed E-state index contributed by atoms with van der Waals surface area (Å²) in [4.78, 5) is 24.3. The Labute approximate surface area is 116 Å². The van der Waals surface area contributed by atoms with Gasteiger partial charge in [0.05, 0.1) is 24.4 Å². The maximum atomic E-state index is 11.2. The van der Waals surface area contributed by atoms with E-state index in [0.717, 1.165) is 6.42 Å². The lowest BCUT2D eigenvalue weighted by Gasteiger charge is -2.21. The molecule has 2 rings (SSSR count). The van der Waals surface area contributed by atoms with Crippen LogP contribution in [-0.2, 0) is 4.74 Å². The SMILES string of the molecule is COC(=O)NC1CCN(c2cc(N)ccc2C(=O)O)C1. The second kappa shape index (κ2) is 5.68. The second-order valence-electron chi connectivity index (χ2n) is 4.65. The first-order valence-corrected chi connectivity index (χ1v) is 6.23. The number of anilines is 2. The lowest BCUT2D eigenvalue weighted by Crippen LogP contribution is -2.37. The number of ether oxygens (including phenoxy) is 1. The van der Waals surface area contributed by atoms with Crippen LogP contribution < -0.4 is 16.0 Å². The zero-order valence-electron chi connectivity index (χ0n) is 11.1. The molecule has 20 heavy (non-hydrogen) atoms. The van der Waals surface area contributed by atoms with Crippen LogP contribution in [-0.4, -0.2) is 43.4 Å². The summed E-state index contributed by atoms with van der Waals surface area (Å²) >= 11 is 0. The predicted molar refractivity (Wildman–Crippen MR) is 74.0 cm³/mol. The first-order valence-electron chi connectivity index (χ1n) is 6.23. The Bertz CT molecular complexity index is 532. The summed E-state index contributed by atoms with van der Waals surface area (Å²) in [6.07, 6.45) is 0.242. The van der Waals surface area contributed by atoms with E-state index in [4.69, 9.17) is 5.73 Å². The third-order valence-electron chi connectivity index (χ3n) is 3.29.